The number of nitrogens with two attached hydrogens (primary N) is 1. The molecule has 0 saturated carbocycles. The van der Waals surface area contributed by atoms with Crippen LogP contribution in [0.5, 0.6) is 0 Å². The molecule has 2 aromatic rings. The average Bonchev–Trinajstić information content (AvgIpc) is 2.86. The number of aromatic nitrogens is 4. The SMILES string of the molecule is CN(C)c1noc([C@H](N)Cc2cnc[nH]2)n1. The lowest BCUT2D eigenvalue weighted by molar-refractivity contribution is 0.353. The Bertz CT molecular complexity index is 435. The van der Waals surface area contributed by atoms with E-state index in [-0.39, 0.29) is 6.04 Å². The molecule has 0 amide bonds. The summed E-state index contributed by atoms with van der Waals surface area (Å²) in [6.07, 6.45) is 3.93. The van der Waals surface area contributed by atoms with E-state index < -0.39 is 0 Å². The fourth-order valence-corrected chi connectivity index (χ4v) is 1.28. The number of hydrogen-bond acceptors (Lipinski definition) is 6. The van der Waals surface area contributed by atoms with Gasteiger partial charge in [0.1, 0.15) is 0 Å². The van der Waals surface area contributed by atoms with Crippen molar-refractivity contribution in [3.63, 3.8) is 0 Å². The second-order valence-corrected chi connectivity index (χ2v) is 3.71. The van der Waals surface area contributed by atoms with Crippen molar-refractivity contribution < 1.29 is 4.52 Å². The molecule has 0 aliphatic heterocycles. The highest BCUT2D eigenvalue weighted by Crippen LogP contribution is 2.15. The second kappa shape index (κ2) is 4.31. The van der Waals surface area contributed by atoms with Crippen molar-refractivity contribution in [1.29, 1.82) is 0 Å². The van der Waals surface area contributed by atoms with Crippen LogP contribution in [-0.2, 0) is 6.42 Å². The largest absolute Gasteiger partial charge is 0.348 e. The Hall–Kier alpha value is -1.89. The van der Waals surface area contributed by atoms with E-state index in [4.69, 9.17) is 10.3 Å². The van der Waals surface area contributed by atoms with Gasteiger partial charge in [-0.3, -0.25) is 0 Å². The highest BCUT2D eigenvalue weighted by molar-refractivity contribution is 5.24. The number of aromatic amines is 1. The normalized spacial score (nSPS) is 12.7. The zero-order valence-corrected chi connectivity index (χ0v) is 9.21. The van der Waals surface area contributed by atoms with Gasteiger partial charge in [0.2, 0.25) is 5.89 Å². The summed E-state index contributed by atoms with van der Waals surface area (Å²) in [5.41, 5.74) is 6.88. The maximum atomic E-state index is 5.94. The van der Waals surface area contributed by atoms with E-state index >= 15 is 0 Å². The first-order chi connectivity index (χ1) is 7.66. The lowest BCUT2D eigenvalue weighted by atomic mass is 10.2. The lowest BCUT2D eigenvalue weighted by Crippen LogP contribution is -2.15. The van der Waals surface area contributed by atoms with Gasteiger partial charge in [-0.1, -0.05) is 0 Å². The molecule has 0 fully saturated rings. The van der Waals surface area contributed by atoms with Crippen LogP contribution in [0.2, 0.25) is 0 Å². The van der Waals surface area contributed by atoms with Crippen molar-refractivity contribution in [3.05, 3.63) is 24.1 Å². The third-order valence-electron chi connectivity index (χ3n) is 2.14. The van der Waals surface area contributed by atoms with Crippen LogP contribution in [0.3, 0.4) is 0 Å². The van der Waals surface area contributed by atoms with Gasteiger partial charge in [-0.05, 0) is 5.16 Å². The quantitative estimate of drug-likeness (QED) is 0.761. The minimum atomic E-state index is -0.318. The van der Waals surface area contributed by atoms with Gasteiger partial charge in [0.25, 0.3) is 5.95 Å². The van der Waals surface area contributed by atoms with E-state index in [1.165, 1.54) is 0 Å². The van der Waals surface area contributed by atoms with Crippen LogP contribution in [0.15, 0.2) is 17.0 Å². The smallest absolute Gasteiger partial charge is 0.265 e. The standard InChI is InChI=1S/C9H14N6O/c1-15(2)9-13-8(16-14-9)7(10)3-6-4-11-5-12-6/h4-5,7H,3,10H2,1-2H3,(H,11,12)/t7-/m1/s1. The lowest BCUT2D eigenvalue weighted by Gasteiger charge is -2.04. The highest BCUT2D eigenvalue weighted by atomic mass is 16.5. The molecule has 0 saturated heterocycles. The van der Waals surface area contributed by atoms with Gasteiger partial charge in [-0.2, -0.15) is 4.98 Å². The minimum Gasteiger partial charge on any atom is -0.348 e. The number of hydrogen-bond donors (Lipinski definition) is 2. The predicted molar refractivity (Wildman–Crippen MR) is 57.8 cm³/mol. The summed E-state index contributed by atoms with van der Waals surface area (Å²) in [6, 6.07) is -0.318. The maximum absolute atomic E-state index is 5.94. The zero-order valence-electron chi connectivity index (χ0n) is 9.21. The summed E-state index contributed by atoms with van der Waals surface area (Å²) in [5.74, 6) is 0.952. The highest BCUT2D eigenvalue weighted by Gasteiger charge is 2.16. The minimum absolute atomic E-state index is 0.318. The molecule has 0 aliphatic rings. The van der Waals surface area contributed by atoms with Gasteiger partial charge in [0.15, 0.2) is 0 Å². The third kappa shape index (κ3) is 2.19. The van der Waals surface area contributed by atoms with Crippen LogP contribution >= 0.6 is 0 Å². The number of imidazole rings is 1. The van der Waals surface area contributed by atoms with Crippen LogP contribution in [-0.4, -0.2) is 34.2 Å². The molecule has 0 aromatic carbocycles. The molecule has 3 N–H and O–H groups in total. The number of nitrogens with one attached hydrogen (secondary N) is 1. The molecule has 7 nitrogen and oxygen atoms in total. The maximum Gasteiger partial charge on any atom is 0.265 e. The van der Waals surface area contributed by atoms with Gasteiger partial charge >= 0.3 is 0 Å². The average molecular weight is 222 g/mol. The van der Waals surface area contributed by atoms with Crippen molar-refractivity contribution in [3.8, 4) is 0 Å². The molecule has 2 aromatic heterocycles. The van der Waals surface area contributed by atoms with Gasteiger partial charge in [-0.15, -0.1) is 0 Å². The Labute approximate surface area is 92.7 Å². The molecule has 16 heavy (non-hydrogen) atoms. The van der Waals surface area contributed by atoms with Crippen LogP contribution in [0.1, 0.15) is 17.6 Å². The first-order valence-corrected chi connectivity index (χ1v) is 4.90. The number of nitrogens with zero attached hydrogens (tertiary/aromatic N) is 4. The van der Waals surface area contributed by atoms with E-state index in [1.54, 1.807) is 17.4 Å². The summed E-state index contributed by atoms with van der Waals surface area (Å²) in [7, 11) is 3.68. The van der Waals surface area contributed by atoms with Crippen molar-refractivity contribution in [2.45, 2.75) is 12.5 Å². The van der Waals surface area contributed by atoms with E-state index in [1.807, 2.05) is 14.1 Å². The Morgan fingerprint density at radius 1 is 1.56 bits per heavy atom. The van der Waals surface area contributed by atoms with E-state index in [0.717, 1.165) is 5.69 Å². The van der Waals surface area contributed by atoms with E-state index in [2.05, 4.69) is 20.1 Å². The molecule has 0 aliphatic carbocycles. The first kappa shape index (κ1) is 10.6. The molecular formula is C9H14N6O. The fraction of sp³-hybridized carbons (Fsp3) is 0.444. The third-order valence-corrected chi connectivity index (χ3v) is 2.14. The molecule has 1 atom stereocenters. The molecular weight excluding hydrogens is 208 g/mol. The number of rotatable bonds is 4. The van der Waals surface area contributed by atoms with Gasteiger partial charge in [0.05, 0.1) is 12.4 Å². The molecule has 2 rings (SSSR count). The molecule has 0 unspecified atom stereocenters. The van der Waals surface area contributed by atoms with Gasteiger partial charge < -0.3 is 20.1 Å². The van der Waals surface area contributed by atoms with Crippen molar-refractivity contribution >= 4 is 5.95 Å². The van der Waals surface area contributed by atoms with E-state index in [0.29, 0.717) is 18.3 Å². The van der Waals surface area contributed by atoms with Gasteiger partial charge in [0, 0.05) is 32.4 Å². The Kier molecular flexibility index (Phi) is 2.86. The first-order valence-electron chi connectivity index (χ1n) is 4.90. The topological polar surface area (TPSA) is 96.9 Å². The molecule has 0 bridgehead atoms. The zero-order chi connectivity index (χ0) is 11.5. The summed E-state index contributed by atoms with van der Waals surface area (Å²) < 4.78 is 5.07. The Morgan fingerprint density at radius 3 is 2.94 bits per heavy atom. The predicted octanol–water partition coefficient (Wildman–Crippen LogP) is 0.101. The van der Waals surface area contributed by atoms with Crippen molar-refractivity contribution in [2.75, 3.05) is 19.0 Å². The van der Waals surface area contributed by atoms with Crippen LogP contribution in [0, 0.1) is 0 Å². The van der Waals surface area contributed by atoms with Gasteiger partial charge in [-0.25, -0.2) is 4.98 Å². The Balaban J connectivity index is 2.06. The van der Waals surface area contributed by atoms with E-state index in [9.17, 15) is 0 Å². The molecule has 7 heteroatoms. The molecule has 0 spiro atoms. The van der Waals surface area contributed by atoms with Crippen LogP contribution in [0.4, 0.5) is 5.95 Å². The van der Waals surface area contributed by atoms with Crippen molar-refractivity contribution in [1.82, 2.24) is 20.1 Å². The Morgan fingerprint density at radius 2 is 2.38 bits per heavy atom. The second-order valence-electron chi connectivity index (χ2n) is 3.71. The fourth-order valence-electron chi connectivity index (χ4n) is 1.28. The number of H-pyrrole nitrogens is 1. The monoisotopic (exact) mass is 222 g/mol. The molecule has 86 valence electrons. The van der Waals surface area contributed by atoms with Crippen LogP contribution in [0.25, 0.3) is 0 Å². The summed E-state index contributed by atoms with van der Waals surface area (Å²) in [4.78, 5) is 12.8. The van der Waals surface area contributed by atoms with Crippen LogP contribution < -0.4 is 10.6 Å². The number of anilines is 1. The molecule has 0 radical (unpaired) electrons. The summed E-state index contributed by atoms with van der Waals surface area (Å²) >= 11 is 0. The van der Waals surface area contributed by atoms with Crippen molar-refractivity contribution in [2.24, 2.45) is 5.73 Å². The molecule has 2 heterocycles. The summed E-state index contributed by atoms with van der Waals surface area (Å²) in [6.45, 7) is 0. The summed E-state index contributed by atoms with van der Waals surface area (Å²) in [5, 5.41) is 3.80.